The zero-order chi connectivity index (χ0) is 17.3. The maximum absolute atomic E-state index is 6.22. The SMILES string of the molecule is c1ccc2c(c1)C1CC(COCCN3CCCCC3)C2c2ccccc21. The van der Waals surface area contributed by atoms with Crippen LogP contribution in [0.15, 0.2) is 48.5 Å². The van der Waals surface area contributed by atoms with Crippen molar-refractivity contribution in [1.29, 1.82) is 0 Å². The van der Waals surface area contributed by atoms with Crippen molar-refractivity contribution >= 4 is 0 Å². The molecule has 2 aromatic carbocycles. The maximum Gasteiger partial charge on any atom is 0.0593 e. The fraction of sp³-hybridized carbons (Fsp3) is 0.500. The molecule has 6 rings (SSSR count). The molecule has 4 aliphatic rings. The van der Waals surface area contributed by atoms with Crippen LogP contribution in [0.5, 0.6) is 0 Å². The van der Waals surface area contributed by atoms with Crippen molar-refractivity contribution < 1.29 is 4.74 Å². The highest BCUT2D eigenvalue weighted by Crippen LogP contribution is 2.55. The van der Waals surface area contributed by atoms with Crippen molar-refractivity contribution in [1.82, 2.24) is 4.90 Å². The van der Waals surface area contributed by atoms with E-state index in [1.807, 2.05) is 0 Å². The van der Waals surface area contributed by atoms with E-state index >= 15 is 0 Å². The quantitative estimate of drug-likeness (QED) is 0.721. The number of hydrogen-bond donors (Lipinski definition) is 0. The molecule has 1 fully saturated rings. The summed E-state index contributed by atoms with van der Waals surface area (Å²) in [6, 6.07) is 18.2. The van der Waals surface area contributed by atoms with Crippen molar-refractivity contribution in [2.24, 2.45) is 5.92 Å². The topological polar surface area (TPSA) is 12.5 Å². The van der Waals surface area contributed by atoms with Gasteiger partial charge in [0.25, 0.3) is 0 Å². The molecule has 2 aromatic rings. The molecule has 2 nitrogen and oxygen atoms in total. The lowest BCUT2D eigenvalue weighted by Crippen LogP contribution is -2.36. The van der Waals surface area contributed by atoms with Gasteiger partial charge < -0.3 is 9.64 Å². The van der Waals surface area contributed by atoms with Crippen LogP contribution in [0.25, 0.3) is 0 Å². The molecule has 0 spiro atoms. The van der Waals surface area contributed by atoms with Gasteiger partial charge in [0.05, 0.1) is 13.2 Å². The summed E-state index contributed by atoms with van der Waals surface area (Å²) in [4.78, 5) is 2.57. The number of rotatable bonds is 5. The maximum atomic E-state index is 6.22. The number of ether oxygens (including phenoxy) is 1. The molecule has 1 unspecified atom stereocenters. The molecule has 0 N–H and O–H groups in total. The van der Waals surface area contributed by atoms with Crippen LogP contribution < -0.4 is 0 Å². The lowest BCUT2D eigenvalue weighted by atomic mass is 9.59. The van der Waals surface area contributed by atoms with E-state index in [-0.39, 0.29) is 0 Å². The summed E-state index contributed by atoms with van der Waals surface area (Å²) in [5.74, 6) is 1.69. The van der Waals surface area contributed by atoms with Crippen LogP contribution in [-0.4, -0.2) is 37.7 Å². The monoisotopic (exact) mass is 347 g/mol. The number of nitrogens with zero attached hydrogens (tertiary/aromatic N) is 1. The molecule has 2 bridgehead atoms. The smallest absolute Gasteiger partial charge is 0.0593 e. The average molecular weight is 348 g/mol. The van der Waals surface area contributed by atoms with Crippen LogP contribution in [-0.2, 0) is 4.74 Å². The minimum atomic E-state index is 0.516. The Kier molecular flexibility index (Phi) is 4.56. The molecule has 0 aromatic heterocycles. The van der Waals surface area contributed by atoms with Crippen LogP contribution in [0, 0.1) is 5.92 Å². The second-order valence-corrected chi connectivity index (χ2v) is 8.26. The largest absolute Gasteiger partial charge is 0.380 e. The predicted molar refractivity (Wildman–Crippen MR) is 106 cm³/mol. The highest BCUT2D eigenvalue weighted by Gasteiger charge is 2.42. The van der Waals surface area contributed by atoms with E-state index in [2.05, 4.69) is 53.4 Å². The zero-order valence-electron chi connectivity index (χ0n) is 15.6. The molecule has 2 heteroatoms. The minimum absolute atomic E-state index is 0.516. The molecule has 0 radical (unpaired) electrons. The molecule has 0 amide bonds. The molecule has 1 heterocycles. The second-order valence-electron chi connectivity index (χ2n) is 8.26. The van der Waals surface area contributed by atoms with E-state index in [1.165, 1.54) is 38.8 Å². The summed E-state index contributed by atoms with van der Waals surface area (Å²) in [5.41, 5.74) is 6.21. The van der Waals surface area contributed by atoms with E-state index in [9.17, 15) is 0 Å². The first-order chi connectivity index (χ1) is 12.9. The summed E-state index contributed by atoms with van der Waals surface area (Å²) < 4.78 is 6.22. The van der Waals surface area contributed by atoms with Gasteiger partial charge in [0, 0.05) is 18.4 Å². The van der Waals surface area contributed by atoms with Gasteiger partial charge in [-0.15, -0.1) is 0 Å². The zero-order valence-corrected chi connectivity index (χ0v) is 15.6. The fourth-order valence-electron chi connectivity index (χ4n) is 5.53. The second kappa shape index (κ2) is 7.17. The van der Waals surface area contributed by atoms with E-state index in [0.29, 0.717) is 17.8 Å². The Labute approximate surface area is 157 Å². The van der Waals surface area contributed by atoms with Gasteiger partial charge >= 0.3 is 0 Å². The minimum Gasteiger partial charge on any atom is -0.380 e. The van der Waals surface area contributed by atoms with Crippen molar-refractivity contribution in [3.05, 3.63) is 70.8 Å². The molecule has 1 saturated heterocycles. The summed E-state index contributed by atoms with van der Waals surface area (Å²) >= 11 is 0. The molecule has 1 aliphatic heterocycles. The Bertz CT molecular complexity index is 717. The molecule has 26 heavy (non-hydrogen) atoms. The number of piperidine rings is 1. The fourth-order valence-corrected chi connectivity index (χ4v) is 5.53. The summed E-state index contributed by atoms with van der Waals surface area (Å²) in [7, 11) is 0. The first-order valence-electron chi connectivity index (χ1n) is 10.4. The standard InChI is InChI=1S/C24H29NO/c1-6-12-25(13-7-1)14-15-26-17-18-16-23-19-8-2-4-10-21(19)24(18)22-11-5-3-9-20(22)23/h2-5,8-11,18,23-24H,1,6-7,12-17H2. The third-order valence-corrected chi connectivity index (χ3v) is 6.76. The summed E-state index contributed by atoms with van der Waals surface area (Å²) in [6.45, 7) is 5.42. The molecule has 136 valence electrons. The van der Waals surface area contributed by atoms with E-state index in [0.717, 1.165) is 19.8 Å². The van der Waals surface area contributed by atoms with Gasteiger partial charge in [0.1, 0.15) is 0 Å². The van der Waals surface area contributed by atoms with Crippen LogP contribution in [0.3, 0.4) is 0 Å². The number of benzene rings is 2. The van der Waals surface area contributed by atoms with Crippen molar-refractivity contribution in [3.8, 4) is 0 Å². The van der Waals surface area contributed by atoms with Crippen molar-refractivity contribution in [2.75, 3.05) is 32.8 Å². The van der Waals surface area contributed by atoms with Crippen LogP contribution in [0.2, 0.25) is 0 Å². The van der Waals surface area contributed by atoms with Gasteiger partial charge in [-0.1, -0.05) is 55.0 Å². The van der Waals surface area contributed by atoms with Gasteiger partial charge in [-0.25, -0.2) is 0 Å². The molecule has 1 atom stereocenters. The Morgan fingerprint density at radius 1 is 0.808 bits per heavy atom. The van der Waals surface area contributed by atoms with Crippen LogP contribution >= 0.6 is 0 Å². The number of hydrogen-bond acceptors (Lipinski definition) is 2. The lowest BCUT2D eigenvalue weighted by molar-refractivity contribution is 0.0609. The Balaban J connectivity index is 1.29. The first-order valence-corrected chi connectivity index (χ1v) is 10.4. The first kappa shape index (κ1) is 16.5. The average Bonchev–Trinajstić information content (AvgIpc) is 2.72. The Morgan fingerprint density at radius 2 is 1.42 bits per heavy atom. The van der Waals surface area contributed by atoms with Crippen LogP contribution in [0.1, 0.15) is 59.8 Å². The Morgan fingerprint density at radius 3 is 2.08 bits per heavy atom. The molecular weight excluding hydrogens is 318 g/mol. The third kappa shape index (κ3) is 2.90. The third-order valence-electron chi connectivity index (χ3n) is 6.76. The van der Waals surface area contributed by atoms with Gasteiger partial charge in [-0.2, -0.15) is 0 Å². The van der Waals surface area contributed by atoms with Gasteiger partial charge in [0.2, 0.25) is 0 Å². The lowest BCUT2D eigenvalue weighted by Gasteiger charge is -2.45. The van der Waals surface area contributed by atoms with Crippen molar-refractivity contribution in [2.45, 2.75) is 37.5 Å². The molecule has 0 saturated carbocycles. The highest BCUT2D eigenvalue weighted by atomic mass is 16.5. The Hall–Kier alpha value is -1.64. The van der Waals surface area contributed by atoms with Gasteiger partial charge in [-0.3, -0.25) is 0 Å². The predicted octanol–water partition coefficient (Wildman–Crippen LogP) is 4.79. The molecule has 3 aliphatic carbocycles. The van der Waals surface area contributed by atoms with Gasteiger partial charge in [-0.05, 0) is 60.5 Å². The van der Waals surface area contributed by atoms with Crippen LogP contribution in [0.4, 0.5) is 0 Å². The number of fused-ring (bicyclic) bond motifs is 1. The van der Waals surface area contributed by atoms with E-state index < -0.39 is 0 Å². The van der Waals surface area contributed by atoms with Gasteiger partial charge in [0.15, 0.2) is 0 Å². The van der Waals surface area contributed by atoms with E-state index in [4.69, 9.17) is 4.74 Å². The van der Waals surface area contributed by atoms with Crippen molar-refractivity contribution in [3.63, 3.8) is 0 Å². The number of likely N-dealkylation sites (tertiary alicyclic amines) is 1. The summed E-state index contributed by atoms with van der Waals surface area (Å²) in [6.07, 6.45) is 5.36. The molecular formula is C24H29NO. The van der Waals surface area contributed by atoms with E-state index in [1.54, 1.807) is 22.3 Å². The highest BCUT2D eigenvalue weighted by molar-refractivity contribution is 5.55. The summed E-state index contributed by atoms with van der Waals surface area (Å²) in [5, 5.41) is 0. The normalized spacial score (nSPS) is 27.2.